The molecule has 1 rings (SSSR count). The molecule has 21 heavy (non-hydrogen) atoms. The van der Waals surface area contributed by atoms with Crippen molar-refractivity contribution in [2.24, 2.45) is 0 Å². The van der Waals surface area contributed by atoms with Crippen molar-refractivity contribution in [3.63, 3.8) is 0 Å². The summed E-state index contributed by atoms with van der Waals surface area (Å²) in [5, 5.41) is 0. The Labute approximate surface area is 159 Å². The Balaban J connectivity index is 0.00000400. The maximum atomic E-state index is 11.8. The fourth-order valence-electron chi connectivity index (χ4n) is 2.08. The summed E-state index contributed by atoms with van der Waals surface area (Å²) in [4.78, 5) is 0. The normalized spacial score (nSPS) is 10.9. The van der Waals surface area contributed by atoms with Crippen LogP contribution >= 0.6 is 0 Å². The van der Waals surface area contributed by atoms with Gasteiger partial charge in [0.2, 0.25) is 0 Å². The number of hydrogen-bond donors (Lipinski definition) is 0. The van der Waals surface area contributed by atoms with E-state index in [0.29, 0.717) is 12.2 Å². The molecule has 0 atom stereocenters. The summed E-state index contributed by atoms with van der Waals surface area (Å²) >= 11 is 0. The van der Waals surface area contributed by atoms with Gasteiger partial charge in [-0.15, -0.1) is 0 Å². The van der Waals surface area contributed by atoms with Crippen molar-refractivity contribution in [3.05, 3.63) is 30.3 Å². The van der Waals surface area contributed by atoms with E-state index in [1.807, 2.05) is 6.07 Å². The molecule has 116 valence electrons. The van der Waals surface area contributed by atoms with Crippen molar-refractivity contribution >= 4 is 47.9 Å². The fraction of sp³-hybridized carbons (Fsp3) is 0.625. The SMILES string of the molecule is CCCCCCCCCCS(=O)(=O)Oc1ccccc1.[Ca]. The molecule has 0 spiro atoms. The van der Waals surface area contributed by atoms with Gasteiger partial charge in [0.15, 0.2) is 0 Å². The molecule has 0 saturated carbocycles. The number of unbranched alkanes of at least 4 members (excludes halogenated alkanes) is 7. The molecule has 1 aromatic carbocycles. The predicted octanol–water partition coefficient (Wildman–Crippen LogP) is 4.16. The van der Waals surface area contributed by atoms with E-state index in [0.717, 1.165) is 12.8 Å². The Bertz CT molecular complexity index is 446. The Morgan fingerprint density at radius 1 is 0.857 bits per heavy atom. The third kappa shape index (κ3) is 11.5. The number of rotatable bonds is 11. The van der Waals surface area contributed by atoms with E-state index in [1.165, 1.54) is 32.1 Å². The van der Waals surface area contributed by atoms with Crippen molar-refractivity contribution < 1.29 is 12.6 Å². The maximum absolute atomic E-state index is 11.8. The molecule has 5 heteroatoms. The average molecular weight is 339 g/mol. The first-order valence-electron chi connectivity index (χ1n) is 7.61. The molecule has 0 amide bonds. The Kier molecular flexibility index (Phi) is 12.9. The van der Waals surface area contributed by atoms with E-state index in [2.05, 4.69) is 6.92 Å². The van der Waals surface area contributed by atoms with E-state index in [9.17, 15) is 8.42 Å². The number of benzene rings is 1. The predicted molar refractivity (Wildman–Crippen MR) is 89.2 cm³/mol. The smallest absolute Gasteiger partial charge is 0.309 e. The molecule has 3 nitrogen and oxygen atoms in total. The Morgan fingerprint density at radius 2 is 1.38 bits per heavy atom. The summed E-state index contributed by atoms with van der Waals surface area (Å²) in [6.45, 7) is 2.21. The van der Waals surface area contributed by atoms with Gasteiger partial charge in [0, 0.05) is 37.7 Å². The van der Waals surface area contributed by atoms with Crippen LogP contribution in [0.4, 0.5) is 0 Å². The number of hydrogen-bond acceptors (Lipinski definition) is 3. The van der Waals surface area contributed by atoms with Crippen LogP contribution in [0.25, 0.3) is 0 Å². The zero-order valence-corrected chi connectivity index (χ0v) is 16.1. The van der Waals surface area contributed by atoms with Crippen molar-refractivity contribution in [3.8, 4) is 5.75 Å². The molecular formula is C16H26CaO3S. The molecular weight excluding hydrogens is 312 g/mol. The van der Waals surface area contributed by atoms with Crippen molar-refractivity contribution in [1.29, 1.82) is 0 Å². The van der Waals surface area contributed by atoms with Crippen LogP contribution in [0.1, 0.15) is 58.3 Å². The first-order chi connectivity index (χ1) is 9.64. The zero-order valence-electron chi connectivity index (χ0n) is 13.1. The molecule has 0 saturated heterocycles. The van der Waals surface area contributed by atoms with Crippen LogP contribution in [0.15, 0.2) is 30.3 Å². The van der Waals surface area contributed by atoms with Gasteiger partial charge in [0.05, 0.1) is 5.75 Å². The van der Waals surface area contributed by atoms with Gasteiger partial charge in [0.25, 0.3) is 0 Å². The second-order valence-corrected chi connectivity index (χ2v) is 6.82. The number of para-hydroxylation sites is 1. The van der Waals surface area contributed by atoms with E-state index in [4.69, 9.17) is 4.18 Å². The maximum Gasteiger partial charge on any atom is 0.309 e. The third-order valence-electron chi connectivity index (χ3n) is 3.21. The zero-order chi connectivity index (χ0) is 14.7. The minimum absolute atomic E-state index is 0. The van der Waals surface area contributed by atoms with Crippen LogP contribution < -0.4 is 4.18 Å². The Hall–Kier alpha value is 0.230. The standard InChI is InChI=1S/C16H26O3S.Ca/c1-2-3-4-5-6-7-8-12-15-20(17,18)19-16-13-10-9-11-14-16;/h9-11,13-14H,2-8,12,15H2,1H3;. The molecule has 0 bridgehead atoms. The van der Waals surface area contributed by atoms with Crippen LogP contribution in [0.5, 0.6) is 5.75 Å². The first kappa shape index (κ1) is 21.2. The molecule has 0 aliphatic carbocycles. The summed E-state index contributed by atoms with van der Waals surface area (Å²) in [5.74, 6) is 0.503. The van der Waals surface area contributed by atoms with Gasteiger partial charge in [-0.1, -0.05) is 70.1 Å². The van der Waals surface area contributed by atoms with Gasteiger partial charge in [-0.05, 0) is 18.6 Å². The van der Waals surface area contributed by atoms with E-state index < -0.39 is 10.1 Å². The largest absolute Gasteiger partial charge is 0.382 e. The molecule has 0 heterocycles. The van der Waals surface area contributed by atoms with E-state index >= 15 is 0 Å². The second kappa shape index (κ2) is 12.7. The molecule has 2 radical (unpaired) electrons. The first-order valence-corrected chi connectivity index (χ1v) is 9.19. The monoisotopic (exact) mass is 338 g/mol. The van der Waals surface area contributed by atoms with Gasteiger partial charge in [-0.2, -0.15) is 8.42 Å². The van der Waals surface area contributed by atoms with Crippen LogP contribution in [0, 0.1) is 0 Å². The van der Waals surface area contributed by atoms with Crippen molar-refractivity contribution in [1.82, 2.24) is 0 Å². The van der Waals surface area contributed by atoms with E-state index in [1.54, 1.807) is 24.3 Å². The molecule has 1 aromatic rings. The minimum Gasteiger partial charge on any atom is -0.382 e. The average Bonchev–Trinajstić information content (AvgIpc) is 2.42. The summed E-state index contributed by atoms with van der Waals surface area (Å²) in [7, 11) is -3.44. The van der Waals surface area contributed by atoms with Crippen LogP contribution in [0.3, 0.4) is 0 Å². The minimum atomic E-state index is -3.44. The van der Waals surface area contributed by atoms with Gasteiger partial charge in [-0.25, -0.2) is 0 Å². The summed E-state index contributed by atoms with van der Waals surface area (Å²) < 4.78 is 28.5. The van der Waals surface area contributed by atoms with Gasteiger partial charge in [-0.3, -0.25) is 0 Å². The van der Waals surface area contributed by atoms with Gasteiger partial charge in [0.1, 0.15) is 5.75 Å². The fourth-order valence-corrected chi connectivity index (χ4v) is 3.12. The van der Waals surface area contributed by atoms with Crippen LogP contribution in [-0.2, 0) is 10.1 Å². The van der Waals surface area contributed by atoms with Crippen molar-refractivity contribution in [2.45, 2.75) is 58.3 Å². The Morgan fingerprint density at radius 3 is 1.95 bits per heavy atom. The molecule has 0 aliphatic rings. The second-order valence-electron chi connectivity index (χ2n) is 5.13. The quantitative estimate of drug-likeness (QED) is 0.346. The topological polar surface area (TPSA) is 43.4 Å². The van der Waals surface area contributed by atoms with E-state index in [-0.39, 0.29) is 43.5 Å². The van der Waals surface area contributed by atoms with Gasteiger partial charge < -0.3 is 4.18 Å². The summed E-state index contributed by atoms with van der Waals surface area (Å²) in [6, 6.07) is 8.68. The van der Waals surface area contributed by atoms with Crippen molar-refractivity contribution in [2.75, 3.05) is 5.75 Å². The molecule has 0 unspecified atom stereocenters. The molecule has 0 aliphatic heterocycles. The summed E-state index contributed by atoms with van der Waals surface area (Å²) in [6.07, 6.45) is 9.10. The third-order valence-corrected chi connectivity index (χ3v) is 4.45. The van der Waals surface area contributed by atoms with Gasteiger partial charge >= 0.3 is 10.1 Å². The molecule has 0 N–H and O–H groups in total. The van der Waals surface area contributed by atoms with Crippen LogP contribution in [-0.4, -0.2) is 51.9 Å². The molecule has 0 fully saturated rings. The van der Waals surface area contributed by atoms with Crippen LogP contribution in [0.2, 0.25) is 0 Å². The summed E-state index contributed by atoms with van der Waals surface area (Å²) in [5.41, 5.74) is 0. The molecule has 0 aromatic heterocycles.